The van der Waals surface area contributed by atoms with Crippen molar-refractivity contribution in [1.82, 2.24) is 9.36 Å². The first kappa shape index (κ1) is 18.8. The maximum Gasteiger partial charge on any atom is 0.325 e. The summed E-state index contributed by atoms with van der Waals surface area (Å²) in [6.07, 6.45) is 7.10. The summed E-state index contributed by atoms with van der Waals surface area (Å²) in [5, 5.41) is 0.526. The average Bonchev–Trinajstić information content (AvgIpc) is 2.96. The molecule has 136 valence electrons. The van der Waals surface area contributed by atoms with Crippen LogP contribution in [-0.2, 0) is 22.6 Å². The third-order valence-electron chi connectivity index (χ3n) is 3.69. The summed E-state index contributed by atoms with van der Waals surface area (Å²) in [5.74, 6) is 1.95. The molecule has 0 spiro atoms. The number of aromatic nitrogens is 2. The normalized spacial score (nSPS) is 13.9. The zero-order valence-corrected chi connectivity index (χ0v) is 16.2. The Kier molecular flexibility index (Phi) is 6.25. The van der Waals surface area contributed by atoms with Gasteiger partial charge in [0.1, 0.15) is 0 Å². The molecule has 1 aromatic carbocycles. The number of ether oxygens (including phenoxy) is 1. The lowest BCUT2D eigenvalue weighted by Gasteiger charge is -2.15. The lowest BCUT2D eigenvalue weighted by molar-refractivity contribution is -0.138. The van der Waals surface area contributed by atoms with Crippen LogP contribution in [0.4, 0.5) is 5.69 Å². The van der Waals surface area contributed by atoms with Gasteiger partial charge < -0.3 is 4.74 Å². The number of thioether (sulfide) groups is 1. The molecule has 9 heteroatoms. The number of hydrogen-bond acceptors (Lipinski definition) is 6. The fourth-order valence-electron chi connectivity index (χ4n) is 2.50. The highest BCUT2D eigenvalue weighted by atomic mass is 35.5. The Hall–Kier alpha value is -1.95. The highest BCUT2D eigenvalue weighted by Gasteiger charge is 2.13. The number of halogens is 1. The van der Waals surface area contributed by atoms with E-state index in [1.165, 1.54) is 11.8 Å². The number of fused-ring (bicyclic) bond motifs is 1. The minimum Gasteiger partial charge on any atom is -0.452 e. The Balaban J connectivity index is 1.83. The van der Waals surface area contributed by atoms with Crippen molar-refractivity contribution in [1.29, 1.82) is 0 Å². The second-order valence-corrected chi connectivity index (χ2v) is 7.83. The topological polar surface area (TPSA) is 65.6 Å². The quantitative estimate of drug-likeness (QED) is 0.432. The van der Waals surface area contributed by atoms with Gasteiger partial charge in [-0.3, -0.25) is 14.3 Å². The number of benzene rings is 1. The van der Waals surface area contributed by atoms with E-state index in [9.17, 15) is 9.59 Å². The maximum absolute atomic E-state index is 12.1. The molecule has 0 fully saturated rings. The minimum absolute atomic E-state index is 0.00303. The molecule has 0 bridgehead atoms. The largest absolute Gasteiger partial charge is 0.452 e. The Labute approximate surface area is 163 Å². The first-order valence-electron chi connectivity index (χ1n) is 7.95. The Morgan fingerprint density at radius 1 is 1.38 bits per heavy atom. The van der Waals surface area contributed by atoms with Crippen LogP contribution in [0.5, 0.6) is 0 Å². The van der Waals surface area contributed by atoms with E-state index in [1.807, 2.05) is 4.68 Å². The summed E-state index contributed by atoms with van der Waals surface area (Å²) in [6.45, 7) is 1.47. The Morgan fingerprint density at radius 2 is 2.15 bits per heavy atom. The number of terminal acetylenes is 1. The Bertz CT molecular complexity index is 984. The van der Waals surface area contributed by atoms with E-state index in [1.54, 1.807) is 22.9 Å². The van der Waals surface area contributed by atoms with Crippen LogP contribution < -0.4 is 9.67 Å². The summed E-state index contributed by atoms with van der Waals surface area (Å²) in [4.78, 5) is 29.6. The van der Waals surface area contributed by atoms with Gasteiger partial charge in [0.15, 0.2) is 6.61 Å². The van der Waals surface area contributed by atoms with E-state index in [0.717, 1.165) is 42.2 Å². The van der Waals surface area contributed by atoms with Crippen molar-refractivity contribution in [3.8, 4) is 12.3 Å². The van der Waals surface area contributed by atoms with Crippen LogP contribution in [-0.4, -0.2) is 27.7 Å². The summed E-state index contributed by atoms with van der Waals surface area (Å²) in [6, 6.07) is 5.31. The summed E-state index contributed by atoms with van der Waals surface area (Å²) < 4.78 is 8.50. The number of carbonyl (C=O) groups excluding carboxylic acids is 1. The van der Waals surface area contributed by atoms with Gasteiger partial charge in [-0.15, -0.1) is 18.2 Å². The van der Waals surface area contributed by atoms with Crippen LogP contribution >= 0.6 is 34.7 Å². The molecule has 2 aromatic rings. The van der Waals surface area contributed by atoms with E-state index in [4.69, 9.17) is 22.8 Å². The Morgan fingerprint density at radius 3 is 2.92 bits per heavy atom. The number of nitrogens with zero attached hydrogens (tertiary/aromatic N) is 3. The molecule has 0 atom stereocenters. The monoisotopic (exact) mass is 409 g/mol. The smallest absolute Gasteiger partial charge is 0.325 e. The SMILES string of the molecule is C#CCOC(=O)CSc1cc(/N=c2\sc(=O)n3n2CCCC3)ccc1Cl. The highest BCUT2D eigenvalue weighted by Crippen LogP contribution is 2.31. The molecule has 0 saturated carbocycles. The molecule has 0 radical (unpaired) electrons. The lowest BCUT2D eigenvalue weighted by atomic mass is 10.3. The molecule has 1 aliphatic heterocycles. The molecular formula is C17H16ClN3O3S2. The number of rotatable bonds is 5. The zero-order valence-electron chi connectivity index (χ0n) is 13.8. The molecule has 1 aliphatic rings. The van der Waals surface area contributed by atoms with Gasteiger partial charge in [0.05, 0.1) is 16.5 Å². The van der Waals surface area contributed by atoms with Crippen molar-refractivity contribution in [3.05, 3.63) is 37.7 Å². The van der Waals surface area contributed by atoms with Gasteiger partial charge in [0.25, 0.3) is 0 Å². The van der Waals surface area contributed by atoms with Crippen molar-refractivity contribution in [3.63, 3.8) is 0 Å². The minimum atomic E-state index is -0.401. The van der Waals surface area contributed by atoms with E-state index in [-0.39, 0.29) is 17.2 Å². The summed E-state index contributed by atoms with van der Waals surface area (Å²) >= 11 is 8.60. The first-order valence-corrected chi connectivity index (χ1v) is 10.1. The number of hydrogen-bond donors (Lipinski definition) is 0. The molecule has 0 amide bonds. The zero-order chi connectivity index (χ0) is 18.5. The van der Waals surface area contributed by atoms with Gasteiger partial charge in [-0.2, -0.15) is 0 Å². The van der Waals surface area contributed by atoms with Crippen molar-refractivity contribution in [2.75, 3.05) is 12.4 Å². The van der Waals surface area contributed by atoms with Gasteiger partial charge in [-0.25, -0.2) is 9.67 Å². The van der Waals surface area contributed by atoms with E-state index in [2.05, 4.69) is 10.9 Å². The molecule has 0 unspecified atom stereocenters. The van der Waals surface area contributed by atoms with Crippen LogP contribution in [0.3, 0.4) is 0 Å². The number of esters is 1. The number of carbonyl (C=O) groups is 1. The molecule has 0 aliphatic carbocycles. The van der Waals surface area contributed by atoms with E-state index < -0.39 is 5.97 Å². The van der Waals surface area contributed by atoms with Crippen molar-refractivity contribution < 1.29 is 9.53 Å². The van der Waals surface area contributed by atoms with Gasteiger partial charge in [0.2, 0.25) is 4.80 Å². The fraction of sp³-hybridized carbons (Fsp3) is 0.353. The van der Waals surface area contributed by atoms with E-state index >= 15 is 0 Å². The molecule has 26 heavy (non-hydrogen) atoms. The van der Waals surface area contributed by atoms with Crippen LogP contribution in [0.1, 0.15) is 12.8 Å². The predicted molar refractivity (Wildman–Crippen MR) is 103 cm³/mol. The second kappa shape index (κ2) is 8.62. The maximum atomic E-state index is 12.1. The highest BCUT2D eigenvalue weighted by molar-refractivity contribution is 8.00. The second-order valence-electron chi connectivity index (χ2n) is 5.48. The molecule has 6 nitrogen and oxygen atoms in total. The molecule has 3 rings (SSSR count). The van der Waals surface area contributed by atoms with Crippen LogP contribution in [0.15, 0.2) is 32.9 Å². The van der Waals surface area contributed by atoms with Crippen molar-refractivity contribution in [2.24, 2.45) is 4.99 Å². The van der Waals surface area contributed by atoms with Gasteiger partial charge in [-0.1, -0.05) is 17.5 Å². The molecule has 0 saturated heterocycles. The van der Waals surface area contributed by atoms with Gasteiger partial charge >= 0.3 is 10.8 Å². The van der Waals surface area contributed by atoms with Crippen LogP contribution in [0.25, 0.3) is 0 Å². The molecule has 2 heterocycles. The van der Waals surface area contributed by atoms with Gasteiger partial charge in [0, 0.05) is 18.0 Å². The van der Waals surface area contributed by atoms with Crippen molar-refractivity contribution in [2.45, 2.75) is 30.8 Å². The standard InChI is InChI=1S/C17H16ClN3O3S2/c1-2-9-24-15(22)11-25-14-10-12(5-6-13(14)18)19-16-20-7-3-4-8-21(20)17(23)26-16/h1,5-6,10H,3-4,7-9,11H2/b19-16-. The average molecular weight is 410 g/mol. The molecule has 1 aromatic heterocycles. The molecule has 0 N–H and O–H groups in total. The third kappa shape index (κ3) is 4.41. The van der Waals surface area contributed by atoms with Crippen LogP contribution in [0, 0.1) is 12.3 Å². The summed E-state index contributed by atoms with van der Waals surface area (Å²) in [7, 11) is 0. The van der Waals surface area contributed by atoms with Crippen molar-refractivity contribution >= 4 is 46.4 Å². The molecular weight excluding hydrogens is 394 g/mol. The first-order chi connectivity index (χ1) is 12.6. The van der Waals surface area contributed by atoms with Gasteiger partial charge in [-0.05, 0) is 42.4 Å². The third-order valence-corrected chi connectivity index (χ3v) is 6.03. The van der Waals surface area contributed by atoms with E-state index in [0.29, 0.717) is 15.5 Å². The lowest BCUT2D eigenvalue weighted by Crippen LogP contribution is -2.31. The summed E-state index contributed by atoms with van der Waals surface area (Å²) in [5.41, 5.74) is 0.677. The fourth-order valence-corrected chi connectivity index (χ4v) is 4.45. The van der Waals surface area contributed by atoms with Crippen LogP contribution in [0.2, 0.25) is 5.02 Å². The predicted octanol–water partition coefficient (Wildman–Crippen LogP) is 2.66.